The number of hydrogen-bond donors (Lipinski definition) is 1. The number of nitrogens with one attached hydrogen (secondary N) is 1. The number of rotatable bonds is 6. The topological polar surface area (TPSA) is 139 Å². The van der Waals surface area contributed by atoms with Crippen LogP contribution < -0.4 is 19.3 Å². The van der Waals surface area contributed by atoms with Crippen LogP contribution in [0.25, 0.3) is 11.3 Å². The van der Waals surface area contributed by atoms with Gasteiger partial charge in [0.1, 0.15) is 6.61 Å². The predicted molar refractivity (Wildman–Crippen MR) is 208 cm³/mol. The lowest BCUT2D eigenvalue weighted by Gasteiger charge is -2.37. The van der Waals surface area contributed by atoms with Gasteiger partial charge in [0.05, 0.1) is 72.9 Å². The molecule has 1 atom stereocenters. The minimum absolute atomic E-state index is 0.0783. The number of ether oxygens (including phenoxy) is 3. The first kappa shape index (κ1) is 37.5. The minimum atomic E-state index is -4.20. The number of morpholine rings is 2. The number of aromatic nitrogens is 3. The van der Waals surface area contributed by atoms with E-state index in [-0.39, 0.29) is 46.8 Å². The third kappa shape index (κ3) is 8.45. The molecular formula is C40H49N7O6S. The lowest BCUT2D eigenvalue weighted by Crippen LogP contribution is -2.46. The van der Waals surface area contributed by atoms with Crippen molar-refractivity contribution in [3.63, 3.8) is 0 Å². The molecule has 2 fully saturated rings. The quantitative estimate of drug-likeness (QED) is 0.268. The number of aryl methyl sites for hydroxylation is 2. The Morgan fingerprint density at radius 2 is 1.54 bits per heavy atom. The van der Waals surface area contributed by atoms with Gasteiger partial charge in [-0.15, -0.1) is 0 Å². The van der Waals surface area contributed by atoms with Gasteiger partial charge in [0.2, 0.25) is 11.8 Å². The van der Waals surface area contributed by atoms with Gasteiger partial charge < -0.3 is 28.9 Å². The molecule has 0 saturated carbocycles. The summed E-state index contributed by atoms with van der Waals surface area (Å²) in [5.74, 6) is -0.255. The highest BCUT2D eigenvalue weighted by Gasteiger charge is 2.33. The first-order valence-electron chi connectivity index (χ1n) is 18.5. The van der Waals surface area contributed by atoms with Crippen molar-refractivity contribution in [2.24, 2.45) is 5.41 Å². The Hall–Kier alpha value is -4.79. The number of anilines is 3. The molecule has 4 bridgehead atoms. The number of nitrogens with zero attached hydrogens (tertiary/aromatic N) is 6. The summed E-state index contributed by atoms with van der Waals surface area (Å²) in [6, 6.07) is 15.5. The van der Waals surface area contributed by atoms with E-state index >= 15 is 0 Å². The number of carbonyl (C=O) groups is 1. The van der Waals surface area contributed by atoms with Crippen LogP contribution in [-0.4, -0.2) is 99.4 Å². The van der Waals surface area contributed by atoms with E-state index in [2.05, 4.69) is 51.3 Å². The molecule has 0 unspecified atom stereocenters. The maximum Gasteiger partial charge on any atom is 0.264 e. The summed E-state index contributed by atoms with van der Waals surface area (Å²) in [4.78, 5) is 35.4. The Bertz CT molecular complexity index is 2090. The Kier molecular flexibility index (Phi) is 10.8. The summed E-state index contributed by atoms with van der Waals surface area (Å²) in [5.41, 5.74) is 6.03. The van der Waals surface area contributed by atoms with E-state index in [0.717, 1.165) is 46.8 Å². The Balaban J connectivity index is 1.35. The van der Waals surface area contributed by atoms with Crippen molar-refractivity contribution in [2.45, 2.75) is 58.5 Å². The largest absolute Gasteiger partial charge is 0.475 e. The fourth-order valence-corrected chi connectivity index (χ4v) is 8.36. The fraction of sp³-hybridized carbons (Fsp3) is 0.450. The summed E-state index contributed by atoms with van der Waals surface area (Å²) in [6.07, 6.45) is 2.46. The van der Waals surface area contributed by atoms with Gasteiger partial charge in [0.25, 0.3) is 15.9 Å². The van der Waals surface area contributed by atoms with Crippen molar-refractivity contribution in [2.75, 3.05) is 73.7 Å². The molecule has 3 aliphatic heterocycles. The van der Waals surface area contributed by atoms with E-state index < -0.39 is 16.1 Å². The van der Waals surface area contributed by atoms with E-state index in [0.29, 0.717) is 51.6 Å². The van der Waals surface area contributed by atoms with Crippen LogP contribution in [0.1, 0.15) is 54.4 Å². The Morgan fingerprint density at radius 3 is 2.22 bits per heavy atom. The van der Waals surface area contributed by atoms with E-state index in [4.69, 9.17) is 19.2 Å². The number of benzene rings is 2. The number of carbonyl (C=O) groups excluding carboxylic acids is 1. The molecule has 0 radical (unpaired) electrons. The molecule has 1 N–H and O–H groups in total. The zero-order valence-corrected chi connectivity index (χ0v) is 32.5. The third-order valence-electron chi connectivity index (χ3n) is 10.0. The van der Waals surface area contributed by atoms with E-state index in [1.807, 2.05) is 38.2 Å². The molecule has 1 amide bonds. The second-order valence-corrected chi connectivity index (χ2v) is 17.0. The first-order chi connectivity index (χ1) is 25.8. The number of hydrogen-bond acceptors (Lipinski definition) is 11. The van der Waals surface area contributed by atoms with E-state index in [1.54, 1.807) is 23.1 Å². The van der Waals surface area contributed by atoms with Crippen molar-refractivity contribution in [3.05, 3.63) is 83.2 Å². The smallest absolute Gasteiger partial charge is 0.264 e. The number of fused-ring (bicyclic) bond motifs is 4. The highest BCUT2D eigenvalue weighted by atomic mass is 32.2. The Labute approximate surface area is 317 Å². The number of amides is 1. The summed E-state index contributed by atoms with van der Waals surface area (Å²) >= 11 is 0. The van der Waals surface area contributed by atoms with Crippen molar-refractivity contribution in [1.82, 2.24) is 19.9 Å². The van der Waals surface area contributed by atoms with Crippen molar-refractivity contribution in [3.8, 4) is 17.1 Å². The van der Waals surface area contributed by atoms with Crippen molar-refractivity contribution >= 4 is 33.3 Å². The van der Waals surface area contributed by atoms with Crippen LogP contribution in [0.5, 0.6) is 5.88 Å². The van der Waals surface area contributed by atoms with Gasteiger partial charge >= 0.3 is 0 Å². The lowest BCUT2D eigenvalue weighted by molar-refractivity contribution is 0.0509. The van der Waals surface area contributed by atoms with E-state index in [9.17, 15) is 13.2 Å². The second kappa shape index (κ2) is 15.5. The van der Waals surface area contributed by atoms with Crippen LogP contribution in [0, 0.1) is 19.3 Å². The SMILES string of the molecule is Cc1cccc(C)c1-c1cc2nc(n1)NS(=O)(=O)c1cccc(c1)C(=O)N(Cc1ncc(N3CCOCC3)cc1N1CCOCC1)[C@H](CC(C)(C)C)CO2. The normalized spacial score (nSPS) is 19.2. The molecule has 4 aromatic rings. The highest BCUT2D eigenvalue weighted by molar-refractivity contribution is 7.92. The van der Waals surface area contributed by atoms with Gasteiger partial charge in [-0.05, 0) is 61.1 Å². The van der Waals surface area contributed by atoms with Crippen LogP contribution in [0.15, 0.2) is 65.7 Å². The van der Waals surface area contributed by atoms with Crippen LogP contribution in [0.3, 0.4) is 0 Å². The molecule has 5 heterocycles. The molecule has 54 heavy (non-hydrogen) atoms. The molecule has 0 aliphatic carbocycles. The molecule has 2 saturated heterocycles. The number of pyridine rings is 1. The molecule has 14 heteroatoms. The molecule has 2 aromatic carbocycles. The maximum absolute atomic E-state index is 14.9. The van der Waals surface area contributed by atoms with Crippen LogP contribution in [-0.2, 0) is 26.0 Å². The summed E-state index contributed by atoms with van der Waals surface area (Å²) in [5, 5.41) is 0. The summed E-state index contributed by atoms with van der Waals surface area (Å²) in [6.45, 7) is 16.0. The van der Waals surface area contributed by atoms with Gasteiger partial charge in [-0.3, -0.25) is 9.78 Å². The van der Waals surface area contributed by atoms with Gasteiger partial charge in [0, 0.05) is 43.4 Å². The zero-order chi connectivity index (χ0) is 38.0. The lowest BCUT2D eigenvalue weighted by atomic mass is 9.87. The molecule has 3 aliphatic rings. The molecule has 0 spiro atoms. The molecule has 13 nitrogen and oxygen atoms in total. The molecule has 7 rings (SSSR count). The van der Waals surface area contributed by atoms with Gasteiger partial charge in [0.15, 0.2) is 0 Å². The fourth-order valence-electron chi connectivity index (χ4n) is 7.37. The predicted octanol–water partition coefficient (Wildman–Crippen LogP) is 5.47. The van der Waals surface area contributed by atoms with E-state index in [1.165, 1.54) is 12.1 Å². The summed E-state index contributed by atoms with van der Waals surface area (Å²) < 4.78 is 48.1. The maximum atomic E-state index is 14.9. The number of sulfonamides is 1. The average Bonchev–Trinajstić information content (AvgIpc) is 3.15. The van der Waals surface area contributed by atoms with Crippen molar-refractivity contribution < 1.29 is 27.4 Å². The molecule has 2 aromatic heterocycles. The standard InChI is InChI=1S/C40H49N7O6S/c1-27-8-6-9-28(2)37(27)33-22-36-43-39(42-33)44-54(49,50)32-11-7-10-29(20-32)38(48)47(31(26-53-36)23-40(3,4)5)25-34-35(46-14-18-52-19-15-46)21-30(24-41-34)45-12-16-51-17-13-45/h6-11,20-22,24,31H,12-19,23,25-26H2,1-5H3,(H,42,43,44)/t31-/m1/s1. The average molecular weight is 756 g/mol. The van der Waals surface area contributed by atoms with Crippen LogP contribution in [0.4, 0.5) is 17.3 Å². The minimum Gasteiger partial charge on any atom is -0.475 e. The van der Waals surface area contributed by atoms with Gasteiger partial charge in [-0.2, -0.15) is 4.98 Å². The zero-order valence-electron chi connectivity index (χ0n) is 31.7. The van der Waals surface area contributed by atoms with Gasteiger partial charge in [-0.25, -0.2) is 18.1 Å². The Morgan fingerprint density at radius 1 is 0.870 bits per heavy atom. The van der Waals surface area contributed by atoms with Crippen LogP contribution in [0.2, 0.25) is 0 Å². The molecular weight excluding hydrogens is 707 g/mol. The second-order valence-electron chi connectivity index (χ2n) is 15.3. The molecule has 286 valence electrons. The van der Waals surface area contributed by atoms with Crippen molar-refractivity contribution in [1.29, 1.82) is 0 Å². The third-order valence-corrected chi connectivity index (χ3v) is 11.3. The highest BCUT2D eigenvalue weighted by Crippen LogP contribution is 2.34. The first-order valence-corrected chi connectivity index (χ1v) is 20.0. The van der Waals surface area contributed by atoms with Crippen LogP contribution >= 0.6 is 0 Å². The van der Waals surface area contributed by atoms with Gasteiger partial charge in [-0.1, -0.05) is 45.0 Å². The monoisotopic (exact) mass is 755 g/mol. The summed E-state index contributed by atoms with van der Waals surface area (Å²) in [7, 11) is -4.20.